The van der Waals surface area contributed by atoms with Crippen molar-refractivity contribution in [2.75, 3.05) is 5.32 Å². The van der Waals surface area contributed by atoms with Gasteiger partial charge in [0.15, 0.2) is 0 Å². The fourth-order valence-electron chi connectivity index (χ4n) is 1.97. The van der Waals surface area contributed by atoms with E-state index in [-0.39, 0.29) is 17.0 Å². The normalized spacial score (nSPS) is 13.3. The van der Waals surface area contributed by atoms with Crippen molar-refractivity contribution in [2.45, 2.75) is 33.0 Å². The van der Waals surface area contributed by atoms with Crippen molar-refractivity contribution in [3.05, 3.63) is 38.4 Å². The summed E-state index contributed by atoms with van der Waals surface area (Å²) >= 11 is 7.16. The maximum absolute atomic E-state index is 12.8. The average Bonchev–Trinajstić information content (AvgIpc) is 2.66. The number of aryl methyl sites for hydroxylation is 2. The van der Waals surface area contributed by atoms with E-state index in [0.717, 1.165) is 27.7 Å². The van der Waals surface area contributed by atoms with Crippen molar-refractivity contribution >= 4 is 28.8 Å². The van der Waals surface area contributed by atoms with Gasteiger partial charge >= 0.3 is 6.18 Å². The molecule has 0 radical (unpaired) electrons. The number of nitrogens with one attached hydrogen (secondary N) is 1. The van der Waals surface area contributed by atoms with Crippen LogP contribution in [-0.4, -0.2) is 9.97 Å². The molecule has 2 aromatic heterocycles. The number of pyridine rings is 1. The van der Waals surface area contributed by atoms with E-state index < -0.39 is 11.7 Å². The number of thiazole rings is 1. The minimum atomic E-state index is -4.46. The third-order valence-corrected chi connectivity index (χ3v) is 4.27. The number of nitrogens with zero attached hydrogens (tertiary/aromatic N) is 2. The zero-order valence-electron chi connectivity index (χ0n) is 11.5. The van der Waals surface area contributed by atoms with Gasteiger partial charge in [0.1, 0.15) is 11.0 Å². The second kappa shape index (κ2) is 5.81. The summed E-state index contributed by atoms with van der Waals surface area (Å²) in [4.78, 5) is 9.15. The Hall–Kier alpha value is -1.34. The first kappa shape index (κ1) is 16.0. The molecule has 0 saturated carbocycles. The van der Waals surface area contributed by atoms with Crippen LogP contribution in [0.2, 0.25) is 5.15 Å². The second-order valence-electron chi connectivity index (χ2n) is 4.61. The molecule has 2 aromatic rings. The summed E-state index contributed by atoms with van der Waals surface area (Å²) in [5.41, 5.74) is 0.0324. The Bertz CT molecular complexity index is 655. The van der Waals surface area contributed by atoms with Crippen LogP contribution in [0.1, 0.15) is 34.1 Å². The number of halogens is 4. The van der Waals surface area contributed by atoms with Gasteiger partial charge in [-0.25, -0.2) is 9.97 Å². The molecular formula is C13H13ClF3N3S. The molecule has 1 atom stereocenters. The highest BCUT2D eigenvalue weighted by atomic mass is 35.5. The van der Waals surface area contributed by atoms with Crippen LogP contribution in [0.4, 0.5) is 19.0 Å². The Morgan fingerprint density at radius 1 is 1.24 bits per heavy atom. The third-order valence-electron chi connectivity index (χ3n) is 2.82. The van der Waals surface area contributed by atoms with Gasteiger partial charge in [0.2, 0.25) is 0 Å². The summed E-state index contributed by atoms with van der Waals surface area (Å²) in [5.74, 6) is 0.0905. The molecule has 8 heteroatoms. The highest BCUT2D eigenvalue weighted by Crippen LogP contribution is 2.33. The second-order valence-corrected chi connectivity index (χ2v) is 6.23. The fourth-order valence-corrected chi connectivity index (χ4v) is 3.11. The maximum Gasteiger partial charge on any atom is 0.416 e. The van der Waals surface area contributed by atoms with Gasteiger partial charge in [0, 0.05) is 4.88 Å². The van der Waals surface area contributed by atoms with E-state index in [1.807, 2.05) is 20.8 Å². The molecule has 0 aliphatic carbocycles. The number of hydrogen-bond donors (Lipinski definition) is 1. The van der Waals surface area contributed by atoms with Gasteiger partial charge in [0.05, 0.1) is 22.3 Å². The van der Waals surface area contributed by atoms with Crippen LogP contribution < -0.4 is 5.32 Å². The monoisotopic (exact) mass is 335 g/mol. The summed E-state index contributed by atoms with van der Waals surface area (Å²) in [6.45, 7) is 5.59. The lowest BCUT2D eigenvalue weighted by atomic mass is 10.2. The molecule has 2 heterocycles. The molecule has 0 amide bonds. The van der Waals surface area contributed by atoms with Gasteiger partial charge in [-0.15, -0.1) is 11.3 Å². The van der Waals surface area contributed by atoms with E-state index in [0.29, 0.717) is 0 Å². The smallest absolute Gasteiger partial charge is 0.363 e. The Morgan fingerprint density at radius 2 is 1.90 bits per heavy atom. The van der Waals surface area contributed by atoms with E-state index in [1.165, 1.54) is 11.3 Å². The van der Waals surface area contributed by atoms with Gasteiger partial charge in [0.25, 0.3) is 0 Å². The molecule has 1 N–H and O–H groups in total. The Morgan fingerprint density at radius 3 is 2.43 bits per heavy atom. The number of anilines is 1. The van der Waals surface area contributed by atoms with Crippen LogP contribution in [0.5, 0.6) is 0 Å². The van der Waals surface area contributed by atoms with Crippen LogP contribution in [0.3, 0.4) is 0 Å². The first-order chi connectivity index (χ1) is 9.66. The fraction of sp³-hybridized carbons (Fsp3) is 0.385. The van der Waals surface area contributed by atoms with Crippen LogP contribution >= 0.6 is 22.9 Å². The molecule has 3 nitrogen and oxygen atoms in total. The van der Waals surface area contributed by atoms with Crippen molar-refractivity contribution in [1.29, 1.82) is 0 Å². The molecule has 0 aliphatic rings. The van der Waals surface area contributed by atoms with Gasteiger partial charge in [-0.1, -0.05) is 11.6 Å². The third kappa shape index (κ3) is 3.85. The Kier molecular flexibility index (Phi) is 4.43. The van der Waals surface area contributed by atoms with Gasteiger partial charge in [-0.2, -0.15) is 13.2 Å². The maximum atomic E-state index is 12.8. The summed E-state index contributed by atoms with van der Waals surface area (Å²) in [5, 5.41) is 3.65. The number of alkyl halides is 3. The summed E-state index contributed by atoms with van der Waals surface area (Å²) in [7, 11) is 0. The molecule has 114 valence electrons. The van der Waals surface area contributed by atoms with Crippen molar-refractivity contribution in [3.63, 3.8) is 0 Å². The molecule has 0 aliphatic heterocycles. The molecule has 21 heavy (non-hydrogen) atoms. The van der Waals surface area contributed by atoms with E-state index in [1.54, 1.807) is 0 Å². The highest BCUT2D eigenvalue weighted by Gasteiger charge is 2.31. The minimum Gasteiger partial charge on any atom is -0.363 e. The first-order valence-corrected chi connectivity index (χ1v) is 7.31. The predicted octanol–water partition coefficient (Wildman–Crippen LogP) is 5.00. The topological polar surface area (TPSA) is 37.8 Å². The molecule has 0 fully saturated rings. The summed E-state index contributed by atoms with van der Waals surface area (Å²) < 4.78 is 38.3. The van der Waals surface area contributed by atoms with Crippen molar-refractivity contribution < 1.29 is 13.2 Å². The van der Waals surface area contributed by atoms with E-state index >= 15 is 0 Å². The SMILES string of the molecule is Cc1nc(C)c(C(C)Nc2cc(C(F)(F)F)cc(Cl)n2)s1. The van der Waals surface area contributed by atoms with E-state index in [9.17, 15) is 13.2 Å². The van der Waals surface area contributed by atoms with Crippen molar-refractivity contribution in [1.82, 2.24) is 9.97 Å². The zero-order chi connectivity index (χ0) is 15.8. The highest BCUT2D eigenvalue weighted by molar-refractivity contribution is 7.11. The van der Waals surface area contributed by atoms with Crippen LogP contribution in [0.15, 0.2) is 12.1 Å². The lowest BCUT2D eigenvalue weighted by Gasteiger charge is -2.15. The quantitative estimate of drug-likeness (QED) is 0.802. The Labute approximate surface area is 129 Å². The molecule has 2 rings (SSSR count). The molecule has 1 unspecified atom stereocenters. The van der Waals surface area contributed by atoms with Crippen LogP contribution in [0.25, 0.3) is 0 Å². The lowest BCUT2D eigenvalue weighted by Crippen LogP contribution is -2.11. The minimum absolute atomic E-state index is 0.0905. The number of rotatable bonds is 3. The summed E-state index contributed by atoms with van der Waals surface area (Å²) in [6.07, 6.45) is -4.46. The van der Waals surface area contributed by atoms with E-state index in [2.05, 4.69) is 15.3 Å². The standard InChI is InChI=1S/C13H13ClF3N3S/c1-6-12(21-8(3)18-6)7(2)19-11-5-9(13(15,16)17)4-10(14)20-11/h4-5,7H,1-3H3,(H,19,20). The molecular weight excluding hydrogens is 323 g/mol. The molecule has 0 spiro atoms. The van der Waals surface area contributed by atoms with Crippen LogP contribution in [0, 0.1) is 13.8 Å². The Balaban J connectivity index is 2.27. The van der Waals surface area contributed by atoms with Crippen molar-refractivity contribution in [3.8, 4) is 0 Å². The average molecular weight is 336 g/mol. The number of hydrogen-bond acceptors (Lipinski definition) is 4. The molecule has 0 saturated heterocycles. The number of aromatic nitrogens is 2. The molecule has 0 bridgehead atoms. The largest absolute Gasteiger partial charge is 0.416 e. The predicted molar refractivity (Wildman–Crippen MR) is 77.9 cm³/mol. The van der Waals surface area contributed by atoms with Crippen LogP contribution in [-0.2, 0) is 6.18 Å². The van der Waals surface area contributed by atoms with Gasteiger partial charge < -0.3 is 5.32 Å². The van der Waals surface area contributed by atoms with Gasteiger partial charge in [-0.05, 0) is 32.9 Å². The first-order valence-electron chi connectivity index (χ1n) is 6.12. The van der Waals surface area contributed by atoms with E-state index in [4.69, 9.17) is 11.6 Å². The zero-order valence-corrected chi connectivity index (χ0v) is 13.1. The van der Waals surface area contributed by atoms with Crippen molar-refractivity contribution in [2.24, 2.45) is 0 Å². The lowest BCUT2D eigenvalue weighted by molar-refractivity contribution is -0.137. The molecule has 0 aromatic carbocycles. The summed E-state index contributed by atoms with van der Waals surface area (Å²) in [6, 6.07) is 1.55. The van der Waals surface area contributed by atoms with Gasteiger partial charge in [-0.3, -0.25) is 0 Å².